The lowest BCUT2D eigenvalue weighted by atomic mass is 10.1. The first-order valence-electron chi connectivity index (χ1n) is 8.91. The summed E-state index contributed by atoms with van der Waals surface area (Å²) in [5.41, 5.74) is 0.515. The van der Waals surface area contributed by atoms with Crippen molar-refractivity contribution in [2.24, 2.45) is 0 Å². The van der Waals surface area contributed by atoms with Crippen molar-refractivity contribution in [2.75, 3.05) is 13.2 Å². The van der Waals surface area contributed by atoms with Crippen LogP contribution in [0, 0.1) is 0 Å². The molecule has 0 bridgehead atoms. The van der Waals surface area contributed by atoms with E-state index in [1.54, 1.807) is 24.3 Å². The maximum Gasteiger partial charge on any atom is 0.328 e. The van der Waals surface area contributed by atoms with E-state index < -0.39 is 6.04 Å². The standard InChI is InChI=1S/C19H27NO4/c1-2-3-4-5-6-7-13-23-16-10-8-15(9-11-16)18(21)20-17-12-14-24-19(17)22/h8-11,17H,2-7,12-14H2,1H3,(H,20,21)/t17-/m1/s1. The molecule has 24 heavy (non-hydrogen) atoms. The number of cyclic esters (lactones) is 1. The molecule has 5 heteroatoms. The van der Waals surface area contributed by atoms with Crippen LogP contribution in [0.4, 0.5) is 0 Å². The first kappa shape index (κ1) is 18.3. The molecule has 0 spiro atoms. The van der Waals surface area contributed by atoms with Crippen LogP contribution in [0.5, 0.6) is 5.75 Å². The Hall–Kier alpha value is -2.04. The smallest absolute Gasteiger partial charge is 0.328 e. The molecule has 0 aliphatic carbocycles. The minimum atomic E-state index is -0.527. The molecule has 1 atom stereocenters. The predicted molar refractivity (Wildman–Crippen MR) is 92.1 cm³/mol. The number of nitrogens with one attached hydrogen (secondary N) is 1. The first-order valence-corrected chi connectivity index (χ1v) is 8.91. The Morgan fingerprint density at radius 1 is 1.17 bits per heavy atom. The van der Waals surface area contributed by atoms with E-state index in [9.17, 15) is 9.59 Å². The second-order valence-corrected chi connectivity index (χ2v) is 6.12. The minimum Gasteiger partial charge on any atom is -0.494 e. The van der Waals surface area contributed by atoms with Crippen molar-refractivity contribution >= 4 is 11.9 Å². The Morgan fingerprint density at radius 3 is 2.54 bits per heavy atom. The largest absolute Gasteiger partial charge is 0.494 e. The van der Waals surface area contributed by atoms with E-state index in [1.165, 1.54) is 32.1 Å². The Morgan fingerprint density at radius 2 is 1.88 bits per heavy atom. The molecule has 1 aromatic carbocycles. The summed E-state index contributed by atoms with van der Waals surface area (Å²) in [6, 6.07) is 6.48. The summed E-state index contributed by atoms with van der Waals surface area (Å²) in [4.78, 5) is 23.5. The van der Waals surface area contributed by atoms with Crippen LogP contribution in [0.25, 0.3) is 0 Å². The van der Waals surface area contributed by atoms with Gasteiger partial charge in [-0.1, -0.05) is 39.0 Å². The van der Waals surface area contributed by atoms with Gasteiger partial charge in [-0.3, -0.25) is 4.79 Å². The summed E-state index contributed by atoms with van der Waals surface area (Å²) in [6.45, 7) is 3.28. The average molecular weight is 333 g/mol. The van der Waals surface area contributed by atoms with Crippen molar-refractivity contribution < 1.29 is 19.1 Å². The van der Waals surface area contributed by atoms with Crippen molar-refractivity contribution in [2.45, 2.75) is 57.9 Å². The Balaban J connectivity index is 1.68. The predicted octanol–water partition coefficient (Wildman–Crippen LogP) is 3.47. The molecule has 1 fully saturated rings. The number of hydrogen-bond donors (Lipinski definition) is 1. The lowest BCUT2D eigenvalue weighted by Gasteiger charge is -2.10. The zero-order valence-corrected chi connectivity index (χ0v) is 14.4. The Kier molecular flexibility index (Phi) is 7.59. The average Bonchev–Trinajstić information content (AvgIpc) is 2.99. The van der Waals surface area contributed by atoms with Crippen LogP contribution >= 0.6 is 0 Å². The van der Waals surface area contributed by atoms with Crippen LogP contribution in [-0.4, -0.2) is 31.1 Å². The molecular weight excluding hydrogens is 306 g/mol. The van der Waals surface area contributed by atoms with Gasteiger partial charge in [0.1, 0.15) is 11.8 Å². The lowest BCUT2D eigenvalue weighted by Crippen LogP contribution is -2.37. The summed E-state index contributed by atoms with van der Waals surface area (Å²) >= 11 is 0. The second-order valence-electron chi connectivity index (χ2n) is 6.12. The van der Waals surface area contributed by atoms with Gasteiger partial charge in [0.2, 0.25) is 0 Å². The molecule has 1 saturated heterocycles. The normalized spacial score (nSPS) is 16.7. The van der Waals surface area contributed by atoms with Gasteiger partial charge in [-0.15, -0.1) is 0 Å². The molecule has 1 aliphatic rings. The quantitative estimate of drug-likeness (QED) is 0.526. The van der Waals surface area contributed by atoms with Crippen molar-refractivity contribution in [1.82, 2.24) is 5.32 Å². The molecule has 0 unspecified atom stereocenters. The van der Waals surface area contributed by atoms with Crippen LogP contribution in [0.1, 0.15) is 62.2 Å². The molecule has 1 heterocycles. The molecule has 0 saturated carbocycles. The van der Waals surface area contributed by atoms with E-state index in [-0.39, 0.29) is 11.9 Å². The third-order valence-corrected chi connectivity index (χ3v) is 4.12. The number of unbranched alkanes of at least 4 members (excludes halogenated alkanes) is 5. The summed E-state index contributed by atoms with van der Waals surface area (Å²) in [7, 11) is 0. The fourth-order valence-corrected chi connectivity index (χ4v) is 2.64. The number of carbonyl (C=O) groups excluding carboxylic acids is 2. The van der Waals surface area contributed by atoms with Crippen molar-refractivity contribution in [3.8, 4) is 5.75 Å². The number of esters is 1. The van der Waals surface area contributed by atoms with Crippen LogP contribution in [0.3, 0.4) is 0 Å². The SMILES string of the molecule is CCCCCCCCOc1ccc(C(=O)N[C@@H]2CCOC2=O)cc1. The topological polar surface area (TPSA) is 64.6 Å². The van der Waals surface area contributed by atoms with Crippen LogP contribution in [0.15, 0.2) is 24.3 Å². The van der Waals surface area contributed by atoms with E-state index in [2.05, 4.69) is 12.2 Å². The monoisotopic (exact) mass is 333 g/mol. The fraction of sp³-hybridized carbons (Fsp3) is 0.579. The third kappa shape index (κ3) is 5.87. The van der Waals surface area contributed by atoms with Gasteiger partial charge >= 0.3 is 5.97 Å². The summed E-state index contributed by atoms with van der Waals surface area (Å²) in [5.74, 6) is 0.143. The maximum absolute atomic E-state index is 12.1. The molecule has 132 valence electrons. The highest BCUT2D eigenvalue weighted by Crippen LogP contribution is 2.14. The van der Waals surface area contributed by atoms with Crippen LogP contribution < -0.4 is 10.1 Å². The molecule has 0 aromatic heterocycles. The fourth-order valence-electron chi connectivity index (χ4n) is 2.64. The summed E-state index contributed by atoms with van der Waals surface area (Å²) in [6.07, 6.45) is 7.91. The van der Waals surface area contributed by atoms with E-state index in [4.69, 9.17) is 9.47 Å². The highest BCUT2D eigenvalue weighted by atomic mass is 16.5. The van der Waals surface area contributed by atoms with Gasteiger partial charge in [0.05, 0.1) is 13.2 Å². The van der Waals surface area contributed by atoms with Crippen molar-refractivity contribution in [3.63, 3.8) is 0 Å². The second kappa shape index (κ2) is 9.96. The van der Waals surface area contributed by atoms with E-state index in [0.717, 1.165) is 12.2 Å². The molecule has 1 amide bonds. The molecule has 5 nitrogen and oxygen atoms in total. The zero-order valence-electron chi connectivity index (χ0n) is 14.4. The first-order chi connectivity index (χ1) is 11.7. The zero-order chi connectivity index (χ0) is 17.2. The summed E-state index contributed by atoms with van der Waals surface area (Å²) < 4.78 is 10.5. The summed E-state index contributed by atoms with van der Waals surface area (Å²) in [5, 5.41) is 2.69. The Bertz CT molecular complexity index is 527. The molecule has 0 radical (unpaired) electrons. The molecule has 2 rings (SSSR count). The Labute approximate surface area is 143 Å². The molecular formula is C19H27NO4. The molecule has 1 aliphatic heterocycles. The van der Waals surface area contributed by atoms with Gasteiger partial charge in [-0.05, 0) is 30.7 Å². The van der Waals surface area contributed by atoms with Gasteiger partial charge in [0, 0.05) is 12.0 Å². The molecule has 1 aromatic rings. The van der Waals surface area contributed by atoms with Gasteiger partial charge in [-0.2, -0.15) is 0 Å². The number of carbonyl (C=O) groups is 2. The van der Waals surface area contributed by atoms with Gasteiger partial charge in [0.15, 0.2) is 0 Å². The molecule has 1 N–H and O–H groups in total. The minimum absolute atomic E-state index is 0.263. The van der Waals surface area contributed by atoms with Crippen LogP contribution in [0.2, 0.25) is 0 Å². The number of amides is 1. The van der Waals surface area contributed by atoms with E-state index in [1.807, 2.05) is 0 Å². The highest BCUT2D eigenvalue weighted by Gasteiger charge is 2.28. The number of ether oxygens (including phenoxy) is 2. The number of hydrogen-bond acceptors (Lipinski definition) is 4. The number of rotatable bonds is 10. The lowest BCUT2D eigenvalue weighted by molar-refractivity contribution is -0.139. The number of benzene rings is 1. The van der Waals surface area contributed by atoms with Gasteiger partial charge < -0.3 is 14.8 Å². The van der Waals surface area contributed by atoms with Gasteiger partial charge in [0.25, 0.3) is 5.91 Å². The van der Waals surface area contributed by atoms with Crippen molar-refractivity contribution in [3.05, 3.63) is 29.8 Å². The third-order valence-electron chi connectivity index (χ3n) is 4.12. The highest BCUT2D eigenvalue weighted by molar-refractivity contribution is 5.97. The van der Waals surface area contributed by atoms with Crippen LogP contribution in [-0.2, 0) is 9.53 Å². The van der Waals surface area contributed by atoms with Gasteiger partial charge in [-0.25, -0.2) is 4.79 Å². The van der Waals surface area contributed by atoms with E-state index >= 15 is 0 Å². The maximum atomic E-state index is 12.1. The van der Waals surface area contributed by atoms with Crippen molar-refractivity contribution in [1.29, 1.82) is 0 Å². The van der Waals surface area contributed by atoms with E-state index in [0.29, 0.717) is 25.2 Å².